The average molecular weight is 218 g/mol. The second-order valence-electron chi connectivity index (χ2n) is 4.18. The van der Waals surface area contributed by atoms with E-state index in [1.165, 1.54) is 0 Å². The Morgan fingerprint density at radius 1 is 1.64 bits per heavy atom. The first kappa shape index (κ1) is 13.3. The zero-order valence-corrected chi connectivity index (χ0v) is 9.89. The molecule has 0 aliphatic rings. The van der Waals surface area contributed by atoms with Crippen LogP contribution in [0.25, 0.3) is 0 Å². The molecule has 14 heavy (non-hydrogen) atoms. The van der Waals surface area contributed by atoms with Gasteiger partial charge in [-0.15, -0.1) is 0 Å². The van der Waals surface area contributed by atoms with Crippen molar-refractivity contribution < 1.29 is 9.90 Å². The SMILES string of the molecule is CC(C(N)=S)N(C)CC(C)(C)C(=O)O. The quantitative estimate of drug-likeness (QED) is 0.665. The van der Waals surface area contributed by atoms with Crippen LogP contribution in [0.5, 0.6) is 0 Å². The van der Waals surface area contributed by atoms with Gasteiger partial charge in [-0.1, -0.05) is 12.2 Å². The van der Waals surface area contributed by atoms with Gasteiger partial charge in [-0.3, -0.25) is 9.69 Å². The number of thiocarbonyl (C=S) groups is 1. The van der Waals surface area contributed by atoms with Crippen molar-refractivity contribution in [2.24, 2.45) is 11.1 Å². The zero-order chi connectivity index (χ0) is 11.5. The third-order valence-electron chi connectivity index (χ3n) is 2.30. The second kappa shape index (κ2) is 4.70. The summed E-state index contributed by atoms with van der Waals surface area (Å²) < 4.78 is 0. The minimum absolute atomic E-state index is 0.0800. The summed E-state index contributed by atoms with van der Waals surface area (Å²) in [5, 5.41) is 8.92. The number of carboxylic acids is 1. The molecule has 0 heterocycles. The summed E-state index contributed by atoms with van der Waals surface area (Å²) in [5.41, 5.74) is 4.69. The first-order valence-corrected chi connectivity index (χ1v) is 4.82. The van der Waals surface area contributed by atoms with Gasteiger partial charge in [-0.2, -0.15) is 0 Å². The summed E-state index contributed by atoms with van der Waals surface area (Å²) in [6, 6.07) is -0.0800. The molecule has 0 bridgehead atoms. The van der Waals surface area contributed by atoms with Gasteiger partial charge in [0.15, 0.2) is 0 Å². The molecule has 0 aromatic rings. The van der Waals surface area contributed by atoms with Crippen LogP contribution in [0, 0.1) is 5.41 Å². The topological polar surface area (TPSA) is 66.6 Å². The summed E-state index contributed by atoms with van der Waals surface area (Å²) in [6.07, 6.45) is 0. The van der Waals surface area contributed by atoms with Crippen LogP contribution >= 0.6 is 12.2 Å². The lowest BCUT2D eigenvalue weighted by atomic mass is 9.93. The highest BCUT2D eigenvalue weighted by atomic mass is 32.1. The van der Waals surface area contributed by atoms with Crippen LogP contribution in [0.15, 0.2) is 0 Å². The number of likely N-dealkylation sites (N-methyl/N-ethyl adjacent to an activating group) is 1. The van der Waals surface area contributed by atoms with Crippen molar-refractivity contribution in [2.45, 2.75) is 26.8 Å². The fourth-order valence-electron chi connectivity index (χ4n) is 1.05. The molecule has 0 aromatic heterocycles. The third kappa shape index (κ3) is 3.59. The number of rotatable bonds is 5. The molecule has 82 valence electrons. The third-order valence-corrected chi connectivity index (χ3v) is 2.64. The van der Waals surface area contributed by atoms with E-state index in [1.807, 2.05) is 18.9 Å². The second-order valence-corrected chi connectivity index (χ2v) is 4.65. The highest BCUT2D eigenvalue weighted by Gasteiger charge is 2.30. The standard InChI is InChI=1S/C9H18N2O2S/c1-6(7(10)14)11(4)5-9(2,3)8(12)13/h6H,5H2,1-4H3,(H2,10,14)(H,12,13). The molecule has 1 atom stereocenters. The van der Waals surface area contributed by atoms with Gasteiger partial charge in [-0.05, 0) is 27.8 Å². The molecule has 0 aliphatic carbocycles. The largest absolute Gasteiger partial charge is 0.481 e. The molecule has 0 radical (unpaired) electrons. The summed E-state index contributed by atoms with van der Waals surface area (Å²) in [5.74, 6) is -0.820. The number of hydrogen-bond acceptors (Lipinski definition) is 3. The summed E-state index contributed by atoms with van der Waals surface area (Å²) in [7, 11) is 1.81. The first-order valence-electron chi connectivity index (χ1n) is 4.41. The van der Waals surface area contributed by atoms with Gasteiger partial charge in [0, 0.05) is 6.54 Å². The zero-order valence-electron chi connectivity index (χ0n) is 9.07. The lowest BCUT2D eigenvalue weighted by molar-refractivity contribution is -0.147. The lowest BCUT2D eigenvalue weighted by Crippen LogP contribution is -2.45. The number of nitrogens with two attached hydrogens (primary N) is 1. The van der Waals surface area contributed by atoms with Crippen LogP contribution in [0.2, 0.25) is 0 Å². The van der Waals surface area contributed by atoms with E-state index in [4.69, 9.17) is 23.1 Å². The van der Waals surface area contributed by atoms with Crippen molar-refractivity contribution in [3.63, 3.8) is 0 Å². The molecular formula is C9H18N2O2S. The summed E-state index contributed by atoms with van der Waals surface area (Å²) in [6.45, 7) is 5.64. The minimum Gasteiger partial charge on any atom is -0.481 e. The smallest absolute Gasteiger partial charge is 0.310 e. The van der Waals surface area contributed by atoms with Gasteiger partial charge in [0.05, 0.1) is 16.4 Å². The molecule has 0 fully saturated rings. The van der Waals surface area contributed by atoms with E-state index in [0.29, 0.717) is 11.5 Å². The number of carboxylic acid groups (broad SMARTS) is 1. The Morgan fingerprint density at radius 3 is 2.36 bits per heavy atom. The van der Waals surface area contributed by atoms with Crippen molar-refractivity contribution >= 4 is 23.2 Å². The van der Waals surface area contributed by atoms with E-state index in [2.05, 4.69) is 0 Å². The summed E-state index contributed by atoms with van der Waals surface area (Å²) in [4.78, 5) is 13.1. The molecule has 0 aliphatic heterocycles. The fourth-order valence-corrected chi connectivity index (χ4v) is 1.23. The molecule has 0 saturated carbocycles. The number of aliphatic carboxylic acids is 1. The van der Waals surface area contributed by atoms with Crippen molar-refractivity contribution in [2.75, 3.05) is 13.6 Å². The molecular weight excluding hydrogens is 200 g/mol. The molecule has 0 saturated heterocycles. The highest BCUT2D eigenvalue weighted by Crippen LogP contribution is 2.17. The van der Waals surface area contributed by atoms with Crippen LogP contribution in [0.3, 0.4) is 0 Å². The molecule has 0 amide bonds. The molecule has 4 nitrogen and oxygen atoms in total. The van der Waals surface area contributed by atoms with Crippen LogP contribution in [-0.4, -0.2) is 40.6 Å². The first-order chi connectivity index (χ1) is 6.18. The van der Waals surface area contributed by atoms with E-state index in [0.717, 1.165) is 0 Å². The van der Waals surface area contributed by atoms with E-state index in [9.17, 15) is 4.79 Å². The molecule has 0 aromatic carbocycles. The van der Waals surface area contributed by atoms with Crippen molar-refractivity contribution in [1.82, 2.24) is 4.90 Å². The Morgan fingerprint density at radius 2 is 2.07 bits per heavy atom. The molecule has 1 unspecified atom stereocenters. The van der Waals surface area contributed by atoms with E-state index in [1.54, 1.807) is 13.8 Å². The van der Waals surface area contributed by atoms with Crippen LogP contribution in [0.1, 0.15) is 20.8 Å². The van der Waals surface area contributed by atoms with Gasteiger partial charge in [0.1, 0.15) is 0 Å². The summed E-state index contributed by atoms with van der Waals surface area (Å²) >= 11 is 4.84. The maximum absolute atomic E-state index is 10.9. The average Bonchev–Trinajstić information content (AvgIpc) is 2.01. The number of carbonyl (C=O) groups is 1. The molecule has 0 spiro atoms. The fraction of sp³-hybridized carbons (Fsp3) is 0.778. The minimum atomic E-state index is -0.820. The van der Waals surface area contributed by atoms with Crippen LogP contribution in [-0.2, 0) is 4.79 Å². The van der Waals surface area contributed by atoms with Gasteiger partial charge in [0.2, 0.25) is 0 Å². The Balaban J connectivity index is 4.39. The molecule has 0 rings (SSSR count). The predicted octanol–water partition coefficient (Wildman–Crippen LogP) is 0.704. The maximum atomic E-state index is 10.9. The number of nitrogens with zero attached hydrogens (tertiary/aromatic N) is 1. The number of hydrogen-bond donors (Lipinski definition) is 2. The highest BCUT2D eigenvalue weighted by molar-refractivity contribution is 7.80. The Kier molecular flexibility index (Phi) is 4.48. The van der Waals surface area contributed by atoms with Crippen molar-refractivity contribution in [3.8, 4) is 0 Å². The lowest BCUT2D eigenvalue weighted by Gasteiger charge is -2.30. The molecule has 5 heteroatoms. The van der Waals surface area contributed by atoms with E-state index in [-0.39, 0.29) is 6.04 Å². The monoisotopic (exact) mass is 218 g/mol. The maximum Gasteiger partial charge on any atom is 0.310 e. The molecule has 3 N–H and O–H groups in total. The Labute approximate surface area is 90.1 Å². The Hall–Kier alpha value is -0.680. The van der Waals surface area contributed by atoms with Crippen LogP contribution in [0.4, 0.5) is 0 Å². The van der Waals surface area contributed by atoms with Crippen molar-refractivity contribution in [3.05, 3.63) is 0 Å². The normalized spacial score (nSPS) is 14.1. The van der Waals surface area contributed by atoms with Gasteiger partial charge >= 0.3 is 5.97 Å². The van der Waals surface area contributed by atoms with Gasteiger partial charge in [-0.25, -0.2) is 0 Å². The van der Waals surface area contributed by atoms with Crippen LogP contribution < -0.4 is 5.73 Å². The van der Waals surface area contributed by atoms with Crippen molar-refractivity contribution in [1.29, 1.82) is 0 Å². The van der Waals surface area contributed by atoms with E-state index < -0.39 is 11.4 Å². The predicted molar refractivity (Wildman–Crippen MR) is 60.3 cm³/mol. The van der Waals surface area contributed by atoms with Gasteiger partial charge < -0.3 is 10.8 Å². The van der Waals surface area contributed by atoms with E-state index >= 15 is 0 Å². The van der Waals surface area contributed by atoms with Gasteiger partial charge in [0.25, 0.3) is 0 Å². The Bertz CT molecular complexity index is 241.